The number of carbonyl (C=O) groups excluding carboxylic acids is 1. The Balaban J connectivity index is 2.45. The molecule has 0 amide bonds. The fraction of sp³-hybridized carbons (Fsp3) is 0.500. The molecule has 1 aromatic carbocycles. The average molecular weight is 234 g/mol. The van der Waals surface area contributed by atoms with Gasteiger partial charge in [0.15, 0.2) is 0 Å². The number of rotatable bonds is 3. The van der Waals surface area contributed by atoms with Crippen molar-refractivity contribution >= 4 is 5.97 Å². The molecule has 1 aliphatic rings. The molecule has 1 aromatic rings. The van der Waals surface area contributed by atoms with E-state index in [0.29, 0.717) is 13.0 Å². The third-order valence-electron chi connectivity index (χ3n) is 3.52. The van der Waals surface area contributed by atoms with E-state index in [4.69, 9.17) is 4.74 Å². The molecule has 92 valence electrons. The molecular formula is C14H18O3. The van der Waals surface area contributed by atoms with Crippen LogP contribution in [0.4, 0.5) is 0 Å². The van der Waals surface area contributed by atoms with E-state index in [2.05, 4.69) is 0 Å². The van der Waals surface area contributed by atoms with Crippen LogP contribution in [-0.4, -0.2) is 24.3 Å². The lowest BCUT2D eigenvalue weighted by atomic mass is 9.70. The van der Waals surface area contributed by atoms with Crippen LogP contribution in [0.25, 0.3) is 0 Å². The Bertz CT molecular complexity index is 414. The minimum Gasteiger partial charge on any atom is -0.465 e. The van der Waals surface area contributed by atoms with Crippen LogP contribution in [-0.2, 0) is 21.4 Å². The predicted octanol–water partition coefficient (Wildman–Crippen LogP) is 1.82. The lowest BCUT2D eigenvalue weighted by molar-refractivity contribution is -0.152. The number of aryl methyl sites for hydroxylation is 1. The molecule has 0 fully saturated rings. The summed E-state index contributed by atoms with van der Waals surface area (Å²) in [7, 11) is 0. The molecule has 0 radical (unpaired) electrons. The molecule has 0 spiro atoms. The van der Waals surface area contributed by atoms with Gasteiger partial charge in [-0.05, 0) is 37.3 Å². The molecule has 0 heterocycles. The summed E-state index contributed by atoms with van der Waals surface area (Å²) in [5.74, 6) is -0.297. The van der Waals surface area contributed by atoms with Gasteiger partial charge in [-0.15, -0.1) is 0 Å². The Morgan fingerprint density at radius 3 is 2.94 bits per heavy atom. The Morgan fingerprint density at radius 1 is 1.47 bits per heavy atom. The number of esters is 1. The molecule has 1 aliphatic carbocycles. The molecule has 0 saturated heterocycles. The van der Waals surface area contributed by atoms with E-state index in [0.717, 1.165) is 24.0 Å². The zero-order chi connectivity index (χ0) is 12.3. The maximum atomic E-state index is 12.1. The van der Waals surface area contributed by atoms with E-state index < -0.39 is 5.41 Å². The highest BCUT2D eigenvalue weighted by atomic mass is 16.5. The molecule has 3 heteroatoms. The Hall–Kier alpha value is -1.35. The summed E-state index contributed by atoms with van der Waals surface area (Å²) in [6, 6.07) is 7.84. The van der Waals surface area contributed by atoms with Crippen molar-refractivity contribution < 1.29 is 14.6 Å². The number of hydrogen-bond acceptors (Lipinski definition) is 3. The zero-order valence-electron chi connectivity index (χ0n) is 10.1. The molecule has 17 heavy (non-hydrogen) atoms. The van der Waals surface area contributed by atoms with Gasteiger partial charge in [-0.1, -0.05) is 24.3 Å². The number of ether oxygens (including phenoxy) is 1. The first-order valence-electron chi connectivity index (χ1n) is 6.11. The smallest absolute Gasteiger partial charge is 0.318 e. The van der Waals surface area contributed by atoms with Crippen molar-refractivity contribution in [2.24, 2.45) is 0 Å². The zero-order valence-corrected chi connectivity index (χ0v) is 10.1. The molecule has 0 bridgehead atoms. The van der Waals surface area contributed by atoms with E-state index in [9.17, 15) is 9.90 Å². The molecule has 3 nitrogen and oxygen atoms in total. The van der Waals surface area contributed by atoms with Gasteiger partial charge in [0.2, 0.25) is 0 Å². The first kappa shape index (κ1) is 12.1. The Labute approximate surface area is 101 Å². The van der Waals surface area contributed by atoms with E-state index >= 15 is 0 Å². The summed E-state index contributed by atoms with van der Waals surface area (Å²) in [5.41, 5.74) is 1.25. The molecule has 0 saturated carbocycles. The maximum Gasteiger partial charge on any atom is 0.318 e. The summed E-state index contributed by atoms with van der Waals surface area (Å²) in [6.07, 6.45) is 2.55. The summed E-state index contributed by atoms with van der Waals surface area (Å²) in [5, 5.41) is 9.68. The summed E-state index contributed by atoms with van der Waals surface area (Å²) in [6.45, 7) is 1.96. The quantitative estimate of drug-likeness (QED) is 0.811. The van der Waals surface area contributed by atoms with Crippen LogP contribution < -0.4 is 0 Å². The van der Waals surface area contributed by atoms with Crippen LogP contribution in [0.2, 0.25) is 0 Å². The molecular weight excluding hydrogens is 216 g/mol. The van der Waals surface area contributed by atoms with Crippen LogP contribution in [0.1, 0.15) is 30.9 Å². The molecule has 2 rings (SSSR count). The minimum absolute atomic E-state index is 0.178. The Kier molecular flexibility index (Phi) is 3.48. The third kappa shape index (κ3) is 1.95. The van der Waals surface area contributed by atoms with Gasteiger partial charge in [0.25, 0.3) is 0 Å². The summed E-state index contributed by atoms with van der Waals surface area (Å²) < 4.78 is 5.13. The lowest BCUT2D eigenvalue weighted by Gasteiger charge is -2.35. The van der Waals surface area contributed by atoms with E-state index in [1.54, 1.807) is 6.92 Å². The van der Waals surface area contributed by atoms with Gasteiger partial charge >= 0.3 is 5.97 Å². The van der Waals surface area contributed by atoms with Crippen molar-refractivity contribution in [2.45, 2.75) is 31.6 Å². The van der Waals surface area contributed by atoms with Crippen molar-refractivity contribution in [2.75, 3.05) is 13.2 Å². The number of aliphatic hydroxyl groups excluding tert-OH is 1. The fourth-order valence-corrected chi connectivity index (χ4v) is 2.63. The molecule has 1 atom stereocenters. The molecule has 0 unspecified atom stereocenters. The van der Waals surface area contributed by atoms with E-state index in [1.165, 1.54) is 0 Å². The van der Waals surface area contributed by atoms with Crippen molar-refractivity contribution in [3.05, 3.63) is 35.4 Å². The van der Waals surface area contributed by atoms with Gasteiger partial charge < -0.3 is 9.84 Å². The lowest BCUT2D eigenvalue weighted by Crippen LogP contribution is -2.43. The highest BCUT2D eigenvalue weighted by Crippen LogP contribution is 2.38. The van der Waals surface area contributed by atoms with Crippen molar-refractivity contribution in [1.82, 2.24) is 0 Å². The number of carbonyl (C=O) groups is 1. The van der Waals surface area contributed by atoms with Crippen LogP contribution in [0.5, 0.6) is 0 Å². The van der Waals surface area contributed by atoms with Gasteiger partial charge in [0, 0.05) is 0 Å². The van der Waals surface area contributed by atoms with Gasteiger partial charge in [-0.25, -0.2) is 0 Å². The number of hydrogen-bond donors (Lipinski definition) is 1. The monoisotopic (exact) mass is 234 g/mol. The van der Waals surface area contributed by atoms with Gasteiger partial charge in [-0.2, -0.15) is 0 Å². The van der Waals surface area contributed by atoms with Crippen LogP contribution >= 0.6 is 0 Å². The predicted molar refractivity (Wildman–Crippen MR) is 64.8 cm³/mol. The topological polar surface area (TPSA) is 46.5 Å². The highest BCUT2D eigenvalue weighted by Gasteiger charge is 2.44. The first-order chi connectivity index (χ1) is 8.24. The second-order valence-electron chi connectivity index (χ2n) is 4.47. The summed E-state index contributed by atoms with van der Waals surface area (Å²) >= 11 is 0. The Morgan fingerprint density at radius 2 is 2.24 bits per heavy atom. The molecule has 0 aromatic heterocycles. The van der Waals surface area contributed by atoms with Gasteiger partial charge in [0.1, 0.15) is 5.41 Å². The maximum absolute atomic E-state index is 12.1. The van der Waals surface area contributed by atoms with Crippen LogP contribution in [0.15, 0.2) is 24.3 Å². The normalized spacial score (nSPS) is 22.9. The average Bonchev–Trinajstić information content (AvgIpc) is 2.38. The highest BCUT2D eigenvalue weighted by molar-refractivity contribution is 5.84. The largest absolute Gasteiger partial charge is 0.465 e. The van der Waals surface area contributed by atoms with Crippen molar-refractivity contribution in [3.8, 4) is 0 Å². The van der Waals surface area contributed by atoms with E-state index in [1.807, 2.05) is 24.3 Å². The number of aliphatic hydroxyl groups is 1. The van der Waals surface area contributed by atoms with Crippen molar-refractivity contribution in [1.29, 1.82) is 0 Å². The second-order valence-corrected chi connectivity index (χ2v) is 4.47. The van der Waals surface area contributed by atoms with Gasteiger partial charge in [0.05, 0.1) is 13.2 Å². The van der Waals surface area contributed by atoms with E-state index in [-0.39, 0.29) is 12.6 Å². The first-order valence-corrected chi connectivity index (χ1v) is 6.11. The molecule has 1 N–H and O–H groups in total. The standard InChI is InChI=1S/C14H18O3/c1-2-17-13(16)14(10-15)9-5-7-11-6-3-4-8-12(11)14/h3-4,6,8,15H,2,5,7,9-10H2,1H3/t14-/m1/s1. The fourth-order valence-electron chi connectivity index (χ4n) is 2.63. The second kappa shape index (κ2) is 4.88. The van der Waals surface area contributed by atoms with Crippen molar-refractivity contribution in [3.63, 3.8) is 0 Å². The summed E-state index contributed by atoms with van der Waals surface area (Å²) in [4.78, 5) is 12.1. The number of fused-ring (bicyclic) bond motifs is 1. The SMILES string of the molecule is CCOC(=O)[C@@]1(CO)CCCc2ccccc21. The van der Waals surface area contributed by atoms with Gasteiger partial charge in [-0.3, -0.25) is 4.79 Å². The number of benzene rings is 1. The molecule has 0 aliphatic heterocycles. The van der Waals surface area contributed by atoms with Crippen LogP contribution in [0, 0.1) is 0 Å². The minimum atomic E-state index is -0.842. The third-order valence-corrected chi connectivity index (χ3v) is 3.52. The van der Waals surface area contributed by atoms with Crippen LogP contribution in [0.3, 0.4) is 0 Å².